The third-order valence-corrected chi connectivity index (χ3v) is 6.07. The summed E-state index contributed by atoms with van der Waals surface area (Å²) in [5, 5.41) is 2.67. The number of nitrogens with zero attached hydrogens (tertiary/aromatic N) is 3. The van der Waals surface area contributed by atoms with Crippen LogP contribution in [-0.4, -0.2) is 39.1 Å². The van der Waals surface area contributed by atoms with Crippen LogP contribution in [0, 0.1) is 5.92 Å². The quantitative estimate of drug-likeness (QED) is 0.560. The number of pyridine rings is 1. The molecule has 1 aliphatic rings. The van der Waals surface area contributed by atoms with Crippen molar-refractivity contribution in [3.8, 4) is 11.5 Å². The molecule has 2 atom stereocenters. The number of amides is 1. The van der Waals surface area contributed by atoms with Crippen molar-refractivity contribution in [2.24, 2.45) is 5.92 Å². The zero-order chi connectivity index (χ0) is 23.6. The lowest BCUT2D eigenvalue weighted by Crippen LogP contribution is -2.27. The van der Waals surface area contributed by atoms with Crippen LogP contribution in [0.1, 0.15) is 69.3 Å². The molecule has 2 heterocycles. The Hall–Kier alpha value is -3.22. The van der Waals surface area contributed by atoms with Gasteiger partial charge in [0.15, 0.2) is 5.82 Å². The number of aromatic nitrogens is 3. The average Bonchev–Trinajstić information content (AvgIpc) is 3.16. The van der Waals surface area contributed by atoms with Crippen LogP contribution >= 0.6 is 0 Å². The number of hydrogen-bond donors (Lipinski definition) is 1. The molecular formula is C26H32N4O3. The molecule has 1 saturated carbocycles. The van der Waals surface area contributed by atoms with Crippen LogP contribution in [0.2, 0.25) is 0 Å². The van der Waals surface area contributed by atoms with Crippen molar-refractivity contribution in [1.29, 1.82) is 0 Å². The predicted molar refractivity (Wildman–Crippen MR) is 128 cm³/mol. The van der Waals surface area contributed by atoms with E-state index in [2.05, 4.69) is 14.9 Å². The van der Waals surface area contributed by atoms with Crippen LogP contribution in [0.4, 0.5) is 0 Å². The fourth-order valence-electron chi connectivity index (χ4n) is 4.73. The summed E-state index contributed by atoms with van der Waals surface area (Å²) in [7, 11) is 1.62. The number of carbonyl (C=O) groups excluding carboxylic acids is 2. The van der Waals surface area contributed by atoms with Gasteiger partial charge in [-0.25, -0.2) is 4.98 Å². The normalized spacial score (nSPS) is 18.8. The van der Waals surface area contributed by atoms with Gasteiger partial charge in [-0.3, -0.25) is 14.6 Å². The van der Waals surface area contributed by atoms with E-state index in [1.165, 1.54) is 0 Å². The van der Waals surface area contributed by atoms with E-state index >= 15 is 0 Å². The Labute approximate surface area is 194 Å². The Kier molecular flexibility index (Phi) is 6.49. The van der Waals surface area contributed by atoms with E-state index in [4.69, 9.17) is 9.72 Å². The molecule has 0 bridgehead atoms. The molecule has 0 spiro atoms. The van der Waals surface area contributed by atoms with E-state index in [1.54, 1.807) is 13.2 Å². The standard InChI is InChI=1S/C26H32N4O3/c1-26(2,3)33-23(31)15-17-8-7-9-19(14-17)30-22-12-11-18(25(32)27-4)16-21(22)29-24(30)20-10-5-6-13-28-20/h5-6,10-13,16-17,19H,7-9,14-15H2,1-4H3,(H,27,32)/t17-,19+/m1/s1. The molecule has 1 fully saturated rings. The number of carbonyl (C=O) groups is 2. The van der Waals surface area contributed by atoms with E-state index in [-0.39, 0.29) is 23.8 Å². The van der Waals surface area contributed by atoms with Gasteiger partial charge in [-0.05, 0) is 76.3 Å². The number of benzene rings is 1. The second kappa shape index (κ2) is 9.33. The highest BCUT2D eigenvalue weighted by molar-refractivity contribution is 5.97. The Morgan fingerprint density at radius 2 is 2.00 bits per heavy atom. The zero-order valence-corrected chi connectivity index (χ0v) is 19.8. The topological polar surface area (TPSA) is 86.1 Å². The van der Waals surface area contributed by atoms with Crippen molar-refractivity contribution in [2.45, 2.75) is 64.5 Å². The van der Waals surface area contributed by atoms with Crippen LogP contribution < -0.4 is 5.32 Å². The minimum Gasteiger partial charge on any atom is -0.460 e. The number of fused-ring (bicyclic) bond motifs is 1. The van der Waals surface area contributed by atoms with Gasteiger partial charge >= 0.3 is 5.97 Å². The van der Waals surface area contributed by atoms with Crippen LogP contribution in [-0.2, 0) is 9.53 Å². The summed E-state index contributed by atoms with van der Waals surface area (Å²) < 4.78 is 7.83. The summed E-state index contributed by atoms with van der Waals surface area (Å²) in [6.07, 6.45) is 6.13. The number of rotatable bonds is 5. The van der Waals surface area contributed by atoms with Crippen LogP contribution in [0.3, 0.4) is 0 Å². The summed E-state index contributed by atoms with van der Waals surface area (Å²) in [6.45, 7) is 5.70. The first-order chi connectivity index (χ1) is 15.7. The summed E-state index contributed by atoms with van der Waals surface area (Å²) >= 11 is 0. The molecule has 33 heavy (non-hydrogen) atoms. The van der Waals surface area contributed by atoms with E-state index in [0.717, 1.165) is 48.2 Å². The van der Waals surface area contributed by atoms with Gasteiger partial charge in [0, 0.05) is 31.3 Å². The highest BCUT2D eigenvalue weighted by Gasteiger charge is 2.30. The smallest absolute Gasteiger partial charge is 0.306 e. The summed E-state index contributed by atoms with van der Waals surface area (Å²) in [6, 6.07) is 11.6. The largest absolute Gasteiger partial charge is 0.460 e. The molecule has 1 aliphatic carbocycles. The lowest BCUT2D eigenvalue weighted by Gasteiger charge is -2.31. The second-order valence-corrected chi connectivity index (χ2v) is 9.78. The molecule has 0 aliphatic heterocycles. The van der Waals surface area contributed by atoms with Crippen molar-refractivity contribution in [2.75, 3.05) is 7.05 Å². The van der Waals surface area contributed by atoms with Gasteiger partial charge in [-0.2, -0.15) is 0 Å². The molecular weight excluding hydrogens is 416 g/mol. The molecule has 174 valence electrons. The SMILES string of the molecule is CNC(=O)c1ccc2c(c1)nc(-c1ccccn1)n2[C@H]1CCC[C@@H](CC(=O)OC(C)(C)C)C1. The van der Waals surface area contributed by atoms with E-state index in [0.29, 0.717) is 12.0 Å². The van der Waals surface area contributed by atoms with Crippen molar-refractivity contribution in [3.05, 3.63) is 48.2 Å². The van der Waals surface area contributed by atoms with Gasteiger partial charge in [0.1, 0.15) is 11.3 Å². The lowest BCUT2D eigenvalue weighted by molar-refractivity contribution is -0.156. The maximum absolute atomic E-state index is 12.5. The fraction of sp³-hybridized carbons (Fsp3) is 0.462. The molecule has 1 aromatic carbocycles. The molecule has 7 nitrogen and oxygen atoms in total. The summed E-state index contributed by atoms with van der Waals surface area (Å²) in [5.74, 6) is 0.782. The van der Waals surface area contributed by atoms with Crippen molar-refractivity contribution in [3.63, 3.8) is 0 Å². The van der Waals surface area contributed by atoms with Gasteiger partial charge < -0.3 is 14.6 Å². The van der Waals surface area contributed by atoms with Crippen LogP contribution in [0.5, 0.6) is 0 Å². The number of hydrogen-bond acceptors (Lipinski definition) is 5. The van der Waals surface area contributed by atoms with Crippen molar-refractivity contribution < 1.29 is 14.3 Å². The monoisotopic (exact) mass is 448 g/mol. The minimum absolute atomic E-state index is 0.135. The summed E-state index contributed by atoms with van der Waals surface area (Å²) in [4.78, 5) is 34.1. The van der Waals surface area contributed by atoms with Gasteiger partial charge in [0.25, 0.3) is 5.91 Å². The highest BCUT2D eigenvalue weighted by atomic mass is 16.6. The molecule has 1 amide bonds. The maximum atomic E-state index is 12.5. The molecule has 2 aromatic heterocycles. The zero-order valence-electron chi connectivity index (χ0n) is 19.8. The van der Waals surface area contributed by atoms with Gasteiger partial charge in [-0.15, -0.1) is 0 Å². The van der Waals surface area contributed by atoms with Gasteiger partial charge in [0.05, 0.1) is 11.0 Å². The average molecular weight is 449 g/mol. The fourth-order valence-corrected chi connectivity index (χ4v) is 4.73. The predicted octanol–water partition coefficient (Wildman–Crippen LogP) is 4.92. The molecule has 1 N–H and O–H groups in total. The minimum atomic E-state index is -0.472. The maximum Gasteiger partial charge on any atom is 0.306 e. The van der Waals surface area contributed by atoms with Crippen LogP contribution in [0.15, 0.2) is 42.6 Å². The Bertz CT molecular complexity index is 1150. The first-order valence-corrected chi connectivity index (χ1v) is 11.6. The Morgan fingerprint density at radius 1 is 1.18 bits per heavy atom. The van der Waals surface area contributed by atoms with E-state index < -0.39 is 5.60 Å². The molecule has 7 heteroatoms. The Morgan fingerprint density at radius 3 is 2.70 bits per heavy atom. The first kappa shape index (κ1) is 23.0. The highest BCUT2D eigenvalue weighted by Crippen LogP contribution is 2.39. The van der Waals surface area contributed by atoms with E-state index in [9.17, 15) is 9.59 Å². The van der Waals surface area contributed by atoms with Crippen LogP contribution in [0.25, 0.3) is 22.6 Å². The van der Waals surface area contributed by atoms with Crippen molar-refractivity contribution >= 4 is 22.9 Å². The number of imidazole rings is 1. The van der Waals surface area contributed by atoms with Gasteiger partial charge in [-0.1, -0.05) is 12.5 Å². The molecule has 4 rings (SSSR count). The number of esters is 1. The third-order valence-electron chi connectivity index (χ3n) is 6.07. The molecule has 0 unspecified atom stereocenters. The second-order valence-electron chi connectivity index (χ2n) is 9.78. The van der Waals surface area contributed by atoms with Gasteiger partial charge in [0.2, 0.25) is 0 Å². The summed E-state index contributed by atoms with van der Waals surface area (Å²) in [5.41, 5.74) is 2.65. The third kappa shape index (κ3) is 5.24. The van der Waals surface area contributed by atoms with E-state index in [1.807, 2.05) is 57.2 Å². The number of nitrogens with one attached hydrogen (secondary N) is 1. The van der Waals surface area contributed by atoms with Crippen molar-refractivity contribution in [1.82, 2.24) is 19.9 Å². The lowest BCUT2D eigenvalue weighted by atomic mass is 9.83. The molecule has 3 aromatic rings. The molecule has 0 radical (unpaired) electrons. The Balaban J connectivity index is 1.69. The molecule has 0 saturated heterocycles. The number of ether oxygens (including phenoxy) is 1. The first-order valence-electron chi connectivity index (χ1n) is 11.6.